The molecule has 9 heteroatoms. The Bertz CT molecular complexity index is 1090. The van der Waals surface area contributed by atoms with E-state index in [0.29, 0.717) is 13.0 Å². The van der Waals surface area contributed by atoms with Crippen LogP contribution in [-0.2, 0) is 24.1 Å². The predicted octanol–water partition coefficient (Wildman–Crippen LogP) is 0.930. The Morgan fingerprint density at radius 2 is 1.83 bits per heavy atom. The van der Waals surface area contributed by atoms with Crippen LogP contribution in [0.1, 0.15) is 31.9 Å². The summed E-state index contributed by atoms with van der Waals surface area (Å²) < 4.78 is 30.0. The predicted molar refractivity (Wildman–Crippen MR) is 111 cm³/mol. The Hall–Kier alpha value is -2.23. The summed E-state index contributed by atoms with van der Waals surface area (Å²) in [5.41, 5.74) is -0.161. The van der Waals surface area contributed by atoms with E-state index in [4.69, 9.17) is 0 Å². The van der Waals surface area contributed by atoms with Crippen LogP contribution in [0.5, 0.6) is 0 Å². The summed E-state index contributed by atoms with van der Waals surface area (Å²) in [6.45, 7) is 5.51. The van der Waals surface area contributed by atoms with Gasteiger partial charge in [0.1, 0.15) is 0 Å². The Labute approximate surface area is 171 Å². The lowest BCUT2D eigenvalue weighted by Crippen LogP contribution is -2.46. The molecule has 2 aromatic rings. The molecule has 0 amide bonds. The van der Waals surface area contributed by atoms with Crippen molar-refractivity contribution >= 4 is 10.0 Å². The van der Waals surface area contributed by atoms with Gasteiger partial charge in [0.25, 0.3) is 5.56 Å². The lowest BCUT2D eigenvalue weighted by Gasteiger charge is -2.29. The van der Waals surface area contributed by atoms with Crippen molar-refractivity contribution < 1.29 is 8.42 Å². The molecule has 8 nitrogen and oxygen atoms in total. The second-order valence-electron chi connectivity index (χ2n) is 7.48. The van der Waals surface area contributed by atoms with Gasteiger partial charge in [0.15, 0.2) is 4.90 Å². The van der Waals surface area contributed by atoms with Crippen LogP contribution in [0.15, 0.2) is 51.0 Å². The highest BCUT2D eigenvalue weighted by Crippen LogP contribution is 2.28. The highest BCUT2D eigenvalue weighted by atomic mass is 32.2. The summed E-state index contributed by atoms with van der Waals surface area (Å²) >= 11 is 0. The number of rotatable bonds is 6. The van der Waals surface area contributed by atoms with Gasteiger partial charge in [0.05, 0.1) is 0 Å². The summed E-state index contributed by atoms with van der Waals surface area (Å²) in [5, 5.41) is 0. The van der Waals surface area contributed by atoms with Crippen LogP contribution in [0.4, 0.5) is 0 Å². The lowest BCUT2D eigenvalue weighted by atomic mass is 10.1. The van der Waals surface area contributed by atoms with E-state index < -0.39 is 21.3 Å². The van der Waals surface area contributed by atoms with E-state index in [1.54, 1.807) is 6.92 Å². The van der Waals surface area contributed by atoms with Crippen molar-refractivity contribution in [2.45, 2.75) is 37.2 Å². The molecule has 1 aromatic heterocycles. The number of nitrogens with zero attached hydrogens (tertiary/aromatic N) is 4. The van der Waals surface area contributed by atoms with Crippen LogP contribution in [0.3, 0.4) is 0 Å². The molecule has 2 heterocycles. The van der Waals surface area contributed by atoms with Crippen molar-refractivity contribution in [3.05, 3.63) is 62.9 Å². The van der Waals surface area contributed by atoms with Gasteiger partial charge in [0, 0.05) is 52.0 Å². The van der Waals surface area contributed by atoms with Gasteiger partial charge in [-0.3, -0.25) is 14.3 Å². The number of aromatic nitrogens is 2. The van der Waals surface area contributed by atoms with Gasteiger partial charge >= 0.3 is 5.69 Å². The fourth-order valence-corrected chi connectivity index (χ4v) is 5.81. The lowest BCUT2D eigenvalue weighted by molar-refractivity contribution is 0.239. The van der Waals surface area contributed by atoms with E-state index in [-0.39, 0.29) is 23.5 Å². The molecular formula is C20H28N4O4S. The number of hydrogen-bond acceptors (Lipinski definition) is 5. The van der Waals surface area contributed by atoms with Crippen molar-refractivity contribution in [1.29, 1.82) is 0 Å². The molecule has 3 rings (SSSR count). The van der Waals surface area contributed by atoms with Gasteiger partial charge in [-0.05, 0) is 18.9 Å². The molecule has 158 valence electrons. The summed E-state index contributed by atoms with van der Waals surface area (Å²) in [7, 11) is -1.30. The quantitative estimate of drug-likeness (QED) is 0.694. The molecule has 0 radical (unpaired) electrons. The van der Waals surface area contributed by atoms with Crippen LogP contribution in [-0.4, -0.2) is 52.4 Å². The third kappa shape index (κ3) is 3.94. The number of aryl methyl sites for hydroxylation is 1. The molecule has 0 aliphatic carbocycles. The number of likely N-dealkylation sites (N-methyl/N-ethyl adjacent to an activating group) is 1. The third-order valence-corrected chi connectivity index (χ3v) is 7.75. The molecule has 1 saturated heterocycles. The standard InChI is InChI=1S/C20H28N4O4S/c1-5-24(29(27,28)18-14-21(3)20(26)22(4)19(18)25)17-11-12-23(13-17)15(2)16-9-7-6-8-10-16/h6-10,14-15,17H,5,11-13H2,1-4H3. The maximum atomic E-state index is 13.3. The van der Waals surface area contributed by atoms with E-state index in [9.17, 15) is 18.0 Å². The van der Waals surface area contributed by atoms with Crippen molar-refractivity contribution in [3.63, 3.8) is 0 Å². The largest absolute Gasteiger partial charge is 0.330 e. The minimum Gasteiger partial charge on any atom is -0.302 e. The molecule has 0 N–H and O–H groups in total. The fraction of sp³-hybridized carbons (Fsp3) is 0.500. The first-order chi connectivity index (χ1) is 13.7. The van der Waals surface area contributed by atoms with Gasteiger partial charge in [-0.1, -0.05) is 37.3 Å². The average Bonchev–Trinajstić information content (AvgIpc) is 3.19. The van der Waals surface area contributed by atoms with Gasteiger partial charge in [-0.15, -0.1) is 0 Å². The fourth-order valence-electron chi connectivity index (χ4n) is 4.00. The minimum atomic E-state index is -4.03. The van der Waals surface area contributed by atoms with E-state index in [1.165, 1.54) is 24.0 Å². The SMILES string of the molecule is CCN(C1CCN(C(C)c2ccccc2)C1)S(=O)(=O)c1cn(C)c(=O)n(C)c1=O. The first-order valence-corrected chi connectivity index (χ1v) is 11.2. The Morgan fingerprint density at radius 1 is 1.17 bits per heavy atom. The van der Waals surface area contributed by atoms with Crippen LogP contribution >= 0.6 is 0 Å². The van der Waals surface area contributed by atoms with E-state index in [2.05, 4.69) is 24.0 Å². The van der Waals surface area contributed by atoms with Gasteiger partial charge in [-0.25, -0.2) is 13.2 Å². The zero-order valence-corrected chi connectivity index (χ0v) is 18.1. The molecule has 1 aliphatic heterocycles. The smallest absolute Gasteiger partial charge is 0.302 e. The summed E-state index contributed by atoms with van der Waals surface area (Å²) in [6.07, 6.45) is 1.82. The van der Waals surface area contributed by atoms with Gasteiger partial charge in [0.2, 0.25) is 10.0 Å². The van der Waals surface area contributed by atoms with Crippen LogP contribution < -0.4 is 11.2 Å². The van der Waals surface area contributed by atoms with Crippen molar-refractivity contribution in [2.24, 2.45) is 14.1 Å². The molecule has 2 unspecified atom stereocenters. The summed E-state index contributed by atoms with van der Waals surface area (Å²) in [4.78, 5) is 26.3. The van der Waals surface area contributed by atoms with E-state index in [0.717, 1.165) is 21.9 Å². The van der Waals surface area contributed by atoms with E-state index >= 15 is 0 Å². The molecule has 2 atom stereocenters. The number of sulfonamides is 1. The first kappa shape index (κ1) is 21.5. The molecule has 0 saturated carbocycles. The molecular weight excluding hydrogens is 392 g/mol. The molecule has 1 aromatic carbocycles. The highest BCUT2D eigenvalue weighted by molar-refractivity contribution is 7.89. The van der Waals surface area contributed by atoms with Crippen LogP contribution in [0.25, 0.3) is 0 Å². The first-order valence-electron chi connectivity index (χ1n) is 9.76. The zero-order chi connectivity index (χ0) is 21.3. The van der Waals surface area contributed by atoms with Crippen molar-refractivity contribution in [2.75, 3.05) is 19.6 Å². The summed E-state index contributed by atoms with van der Waals surface area (Å²) in [6, 6.07) is 10.1. The maximum Gasteiger partial charge on any atom is 0.330 e. The average molecular weight is 421 g/mol. The van der Waals surface area contributed by atoms with Crippen molar-refractivity contribution in [3.8, 4) is 0 Å². The second kappa shape index (κ2) is 8.25. The monoisotopic (exact) mass is 420 g/mol. The second-order valence-corrected chi connectivity index (χ2v) is 9.34. The Balaban J connectivity index is 1.89. The maximum absolute atomic E-state index is 13.3. The topological polar surface area (TPSA) is 84.6 Å². The van der Waals surface area contributed by atoms with Crippen LogP contribution in [0, 0.1) is 0 Å². The molecule has 29 heavy (non-hydrogen) atoms. The number of likely N-dealkylation sites (tertiary alicyclic amines) is 1. The summed E-state index contributed by atoms with van der Waals surface area (Å²) in [5.74, 6) is 0. The number of hydrogen-bond donors (Lipinski definition) is 0. The highest BCUT2D eigenvalue weighted by Gasteiger charge is 2.38. The normalized spacial score (nSPS) is 19.0. The van der Waals surface area contributed by atoms with Crippen LogP contribution in [0.2, 0.25) is 0 Å². The molecule has 1 aliphatic rings. The van der Waals surface area contributed by atoms with E-state index in [1.807, 2.05) is 18.2 Å². The molecule has 0 bridgehead atoms. The Morgan fingerprint density at radius 3 is 2.45 bits per heavy atom. The Kier molecular flexibility index (Phi) is 6.11. The molecule has 1 fully saturated rings. The van der Waals surface area contributed by atoms with Gasteiger partial charge < -0.3 is 4.57 Å². The van der Waals surface area contributed by atoms with Crippen molar-refractivity contribution in [1.82, 2.24) is 18.3 Å². The zero-order valence-electron chi connectivity index (χ0n) is 17.3. The number of benzene rings is 1. The van der Waals surface area contributed by atoms with Gasteiger partial charge in [-0.2, -0.15) is 4.31 Å². The molecule has 0 spiro atoms. The minimum absolute atomic E-state index is 0.174. The third-order valence-electron chi connectivity index (χ3n) is 5.75.